The Kier molecular flexibility index (Phi) is 3.50. The summed E-state index contributed by atoms with van der Waals surface area (Å²) in [4.78, 5) is 10.6. The Morgan fingerprint density at radius 2 is 2.24 bits per heavy atom. The number of aromatic carboxylic acids is 1. The summed E-state index contributed by atoms with van der Waals surface area (Å²) < 4.78 is 26.1. The van der Waals surface area contributed by atoms with Gasteiger partial charge in [-0.15, -0.1) is 11.3 Å². The maximum atomic E-state index is 11.9. The minimum Gasteiger partial charge on any atom is -0.477 e. The molecule has 0 atom stereocenters. The first kappa shape index (κ1) is 12.5. The van der Waals surface area contributed by atoms with Crippen molar-refractivity contribution >= 4 is 27.3 Å². The summed E-state index contributed by atoms with van der Waals surface area (Å²) in [6, 6.07) is 1.33. The first-order valence-electron chi connectivity index (χ1n) is 5.31. The van der Waals surface area contributed by atoms with Crippen LogP contribution in [0.25, 0.3) is 0 Å². The molecule has 17 heavy (non-hydrogen) atoms. The molecule has 0 saturated heterocycles. The van der Waals surface area contributed by atoms with E-state index in [0.717, 1.165) is 17.8 Å². The van der Waals surface area contributed by atoms with Crippen LogP contribution in [0.1, 0.15) is 28.9 Å². The normalized spacial score (nSPS) is 16.0. The lowest BCUT2D eigenvalue weighted by molar-refractivity contribution is 0.0698. The first-order valence-corrected chi connectivity index (χ1v) is 7.67. The zero-order valence-electron chi connectivity index (χ0n) is 9.05. The monoisotopic (exact) mass is 275 g/mol. The molecule has 1 saturated carbocycles. The molecule has 1 heterocycles. The van der Waals surface area contributed by atoms with Gasteiger partial charge >= 0.3 is 5.97 Å². The van der Waals surface area contributed by atoms with Crippen LogP contribution in [0.3, 0.4) is 0 Å². The summed E-state index contributed by atoms with van der Waals surface area (Å²) in [6.07, 6.45) is 3.16. The van der Waals surface area contributed by atoms with E-state index in [1.807, 2.05) is 0 Å². The Labute approximate surface area is 104 Å². The van der Waals surface area contributed by atoms with Gasteiger partial charge < -0.3 is 5.11 Å². The molecule has 5 nitrogen and oxygen atoms in total. The fourth-order valence-electron chi connectivity index (χ4n) is 1.55. The second-order valence-corrected chi connectivity index (χ2v) is 6.70. The molecule has 94 valence electrons. The topological polar surface area (TPSA) is 83.5 Å². The van der Waals surface area contributed by atoms with Crippen LogP contribution in [0.2, 0.25) is 0 Å². The average Bonchev–Trinajstić information content (AvgIpc) is 2.92. The van der Waals surface area contributed by atoms with Crippen molar-refractivity contribution in [3.8, 4) is 0 Å². The summed E-state index contributed by atoms with van der Waals surface area (Å²) in [5.74, 6) is -0.568. The van der Waals surface area contributed by atoms with E-state index in [2.05, 4.69) is 4.72 Å². The third-order valence-corrected chi connectivity index (χ3v) is 5.19. The molecule has 7 heteroatoms. The molecule has 0 bridgehead atoms. The van der Waals surface area contributed by atoms with Crippen LogP contribution < -0.4 is 4.72 Å². The zero-order chi connectivity index (χ0) is 12.5. The molecule has 0 spiro atoms. The van der Waals surface area contributed by atoms with Gasteiger partial charge in [0.1, 0.15) is 9.77 Å². The number of hydrogen-bond donors (Lipinski definition) is 2. The molecule has 1 aromatic rings. The number of carbonyl (C=O) groups is 1. The molecule has 1 fully saturated rings. The van der Waals surface area contributed by atoms with Crippen molar-refractivity contribution in [1.82, 2.24) is 4.72 Å². The lowest BCUT2D eigenvalue weighted by atomic mass is 10.3. The second-order valence-electron chi connectivity index (χ2n) is 4.05. The number of nitrogens with one attached hydrogen (secondary N) is 1. The summed E-state index contributed by atoms with van der Waals surface area (Å²) in [6.45, 7) is 0.377. The lowest BCUT2D eigenvalue weighted by Crippen LogP contribution is -2.26. The highest BCUT2D eigenvalue weighted by atomic mass is 32.2. The molecule has 2 N–H and O–H groups in total. The highest BCUT2D eigenvalue weighted by Crippen LogP contribution is 2.32. The van der Waals surface area contributed by atoms with Crippen molar-refractivity contribution in [2.45, 2.75) is 24.2 Å². The predicted molar refractivity (Wildman–Crippen MR) is 63.8 cm³/mol. The fraction of sp³-hybridized carbons (Fsp3) is 0.500. The third-order valence-electron chi connectivity index (χ3n) is 2.65. The molecule has 0 aromatic carbocycles. The van der Waals surface area contributed by atoms with Crippen molar-refractivity contribution in [2.24, 2.45) is 5.92 Å². The number of thiophene rings is 1. The molecular weight excluding hydrogens is 262 g/mol. The Bertz CT molecular complexity index is 516. The predicted octanol–water partition coefficient (Wildman–Crippen LogP) is 1.52. The Morgan fingerprint density at radius 1 is 1.53 bits per heavy atom. The Morgan fingerprint density at radius 3 is 2.82 bits per heavy atom. The van der Waals surface area contributed by atoms with Crippen LogP contribution in [0.15, 0.2) is 16.3 Å². The molecule has 1 aliphatic carbocycles. The number of rotatable bonds is 6. The van der Waals surface area contributed by atoms with Crippen molar-refractivity contribution in [1.29, 1.82) is 0 Å². The summed E-state index contributed by atoms with van der Waals surface area (Å²) in [5.41, 5.74) is 0. The van der Waals surface area contributed by atoms with Gasteiger partial charge in [0, 0.05) is 6.54 Å². The van der Waals surface area contributed by atoms with Gasteiger partial charge in [0.05, 0.1) is 0 Å². The van der Waals surface area contributed by atoms with E-state index >= 15 is 0 Å². The summed E-state index contributed by atoms with van der Waals surface area (Å²) >= 11 is 0.918. The quantitative estimate of drug-likeness (QED) is 0.824. The lowest BCUT2D eigenvalue weighted by Gasteiger charge is -2.05. The number of sulfonamides is 1. The number of carboxylic acid groups (broad SMARTS) is 1. The van der Waals surface area contributed by atoms with E-state index in [1.165, 1.54) is 24.3 Å². The Balaban J connectivity index is 2.07. The van der Waals surface area contributed by atoms with Gasteiger partial charge in [-0.25, -0.2) is 17.9 Å². The van der Waals surface area contributed by atoms with Crippen molar-refractivity contribution in [3.05, 3.63) is 16.3 Å². The van der Waals surface area contributed by atoms with E-state index < -0.39 is 16.0 Å². The van der Waals surface area contributed by atoms with E-state index in [1.54, 1.807) is 0 Å². The van der Waals surface area contributed by atoms with E-state index in [4.69, 9.17) is 5.11 Å². The molecule has 0 amide bonds. The standard InChI is InChI=1S/C10H13NO4S2/c12-10(13)9-8(4-6-16-9)17(14,15)11-5-3-7-1-2-7/h4,6-7,11H,1-3,5H2,(H,12,13). The summed E-state index contributed by atoms with van der Waals surface area (Å²) in [5, 5.41) is 10.3. The van der Waals surface area contributed by atoms with Crippen LogP contribution in [0.4, 0.5) is 0 Å². The molecule has 0 radical (unpaired) electrons. The van der Waals surface area contributed by atoms with Crippen molar-refractivity contribution in [3.63, 3.8) is 0 Å². The molecular formula is C10H13NO4S2. The van der Waals surface area contributed by atoms with E-state index in [0.29, 0.717) is 12.5 Å². The van der Waals surface area contributed by atoms with Gasteiger partial charge in [-0.2, -0.15) is 0 Å². The minimum atomic E-state index is -3.68. The maximum Gasteiger partial charge on any atom is 0.347 e. The van der Waals surface area contributed by atoms with Crippen molar-refractivity contribution in [2.75, 3.05) is 6.54 Å². The van der Waals surface area contributed by atoms with Gasteiger partial charge in [-0.1, -0.05) is 12.8 Å². The smallest absolute Gasteiger partial charge is 0.347 e. The zero-order valence-corrected chi connectivity index (χ0v) is 10.7. The van der Waals surface area contributed by atoms with Crippen LogP contribution in [0.5, 0.6) is 0 Å². The average molecular weight is 275 g/mol. The molecule has 0 aliphatic heterocycles. The maximum absolute atomic E-state index is 11.9. The number of carboxylic acids is 1. The first-order chi connectivity index (χ1) is 8.00. The third kappa shape index (κ3) is 3.05. The molecule has 0 unspecified atom stereocenters. The van der Waals surface area contributed by atoms with E-state index in [9.17, 15) is 13.2 Å². The van der Waals surface area contributed by atoms with Gasteiger partial charge in [0.25, 0.3) is 0 Å². The number of hydrogen-bond acceptors (Lipinski definition) is 4. The van der Waals surface area contributed by atoms with Crippen LogP contribution >= 0.6 is 11.3 Å². The molecule has 1 aromatic heterocycles. The molecule has 1 aliphatic rings. The summed E-state index contributed by atoms with van der Waals surface area (Å²) in [7, 11) is -3.68. The van der Waals surface area contributed by atoms with Crippen LogP contribution in [-0.4, -0.2) is 26.0 Å². The second kappa shape index (κ2) is 4.75. The van der Waals surface area contributed by atoms with Gasteiger partial charge in [-0.05, 0) is 23.8 Å². The van der Waals surface area contributed by atoms with E-state index in [-0.39, 0.29) is 9.77 Å². The fourth-order valence-corrected chi connectivity index (χ4v) is 3.85. The minimum absolute atomic E-state index is 0.134. The van der Waals surface area contributed by atoms with Gasteiger partial charge in [-0.3, -0.25) is 0 Å². The van der Waals surface area contributed by atoms with Gasteiger partial charge in [0.15, 0.2) is 0 Å². The largest absolute Gasteiger partial charge is 0.477 e. The molecule has 2 rings (SSSR count). The van der Waals surface area contributed by atoms with Gasteiger partial charge in [0.2, 0.25) is 10.0 Å². The Hall–Kier alpha value is -0.920. The SMILES string of the molecule is O=C(O)c1sccc1S(=O)(=O)NCCC1CC1. The van der Waals surface area contributed by atoms with Crippen LogP contribution in [-0.2, 0) is 10.0 Å². The van der Waals surface area contributed by atoms with Crippen LogP contribution in [0, 0.1) is 5.92 Å². The van der Waals surface area contributed by atoms with Crippen molar-refractivity contribution < 1.29 is 18.3 Å². The highest BCUT2D eigenvalue weighted by molar-refractivity contribution is 7.89. The highest BCUT2D eigenvalue weighted by Gasteiger charge is 2.25.